The molecule has 0 unspecified atom stereocenters. The third-order valence-corrected chi connectivity index (χ3v) is 4.69. The molecule has 1 heteroatoms. The molecule has 0 fully saturated rings. The molecule has 0 saturated heterocycles. The Morgan fingerprint density at radius 1 is 0.760 bits per heavy atom. The van der Waals surface area contributed by atoms with Gasteiger partial charge in [-0.2, -0.15) is 0 Å². The summed E-state index contributed by atoms with van der Waals surface area (Å²) >= 11 is 0. The number of hydrogen-bond donors (Lipinski definition) is 0. The van der Waals surface area contributed by atoms with Crippen molar-refractivity contribution in [3.8, 4) is 22.4 Å². The molecular weight excluding hydrogens is 302 g/mol. The average molecular weight is 329 g/mol. The summed E-state index contributed by atoms with van der Waals surface area (Å²) in [7, 11) is 0. The molecule has 0 aliphatic heterocycles. The summed E-state index contributed by atoms with van der Waals surface area (Å²) in [5.74, 6) is 0. The van der Waals surface area contributed by atoms with E-state index in [1.54, 1.807) is 0 Å². The van der Waals surface area contributed by atoms with Crippen LogP contribution in [0.4, 0.5) is 0 Å². The van der Waals surface area contributed by atoms with Crippen molar-refractivity contribution in [3.05, 3.63) is 78.0 Å². The van der Waals surface area contributed by atoms with Crippen LogP contribution in [0.15, 0.2) is 66.9 Å². The fourth-order valence-corrected chi connectivity index (χ4v) is 3.10. The minimum Gasteiger partial charge on any atom is -0.256 e. The van der Waals surface area contributed by atoms with E-state index in [-0.39, 0.29) is 0 Å². The zero-order chi connectivity index (χ0) is 17.5. The summed E-state index contributed by atoms with van der Waals surface area (Å²) in [4.78, 5) is 4.70. The van der Waals surface area contributed by atoms with E-state index in [2.05, 4.69) is 74.5 Å². The molecule has 0 spiro atoms. The lowest BCUT2D eigenvalue weighted by Crippen LogP contribution is -1.90. The summed E-state index contributed by atoms with van der Waals surface area (Å²) in [6.45, 7) is 4.37. The van der Waals surface area contributed by atoms with Gasteiger partial charge in [-0.15, -0.1) is 0 Å². The van der Waals surface area contributed by atoms with E-state index in [4.69, 9.17) is 4.98 Å². The molecule has 1 nitrogen and oxygen atoms in total. The topological polar surface area (TPSA) is 12.9 Å². The normalized spacial score (nSPS) is 10.8. The van der Waals surface area contributed by atoms with E-state index in [0.717, 1.165) is 12.1 Å². The van der Waals surface area contributed by atoms with Gasteiger partial charge < -0.3 is 0 Å². The van der Waals surface area contributed by atoms with Crippen molar-refractivity contribution >= 4 is 0 Å². The molecule has 3 rings (SSSR count). The molecule has 25 heavy (non-hydrogen) atoms. The van der Waals surface area contributed by atoms with Gasteiger partial charge in [0.15, 0.2) is 0 Å². The number of hydrogen-bond acceptors (Lipinski definition) is 1. The maximum atomic E-state index is 4.70. The Kier molecular flexibility index (Phi) is 6.00. The van der Waals surface area contributed by atoms with Crippen molar-refractivity contribution in [2.24, 2.45) is 0 Å². The number of aromatic nitrogens is 1. The van der Waals surface area contributed by atoms with Gasteiger partial charge in [0, 0.05) is 11.8 Å². The molecule has 0 aliphatic rings. The number of pyridine rings is 1. The summed E-state index contributed by atoms with van der Waals surface area (Å²) in [6.07, 6.45) is 8.37. The van der Waals surface area contributed by atoms with Gasteiger partial charge in [0.05, 0.1) is 5.69 Å². The molecule has 3 aromatic rings. The van der Waals surface area contributed by atoms with Crippen LogP contribution in [0, 0.1) is 6.92 Å². The number of rotatable bonds is 7. The summed E-state index contributed by atoms with van der Waals surface area (Å²) in [6, 6.07) is 21.7. The van der Waals surface area contributed by atoms with E-state index in [9.17, 15) is 0 Å². The van der Waals surface area contributed by atoms with Crippen molar-refractivity contribution in [1.82, 2.24) is 4.98 Å². The van der Waals surface area contributed by atoms with Crippen molar-refractivity contribution in [3.63, 3.8) is 0 Å². The molecule has 0 bridgehead atoms. The highest BCUT2D eigenvalue weighted by Gasteiger charge is 2.03. The Balaban J connectivity index is 1.73. The average Bonchev–Trinajstić information content (AvgIpc) is 2.66. The molecule has 0 radical (unpaired) electrons. The maximum absolute atomic E-state index is 4.70. The number of unbranched alkanes of at least 4 members (excludes halogenated alkanes) is 3. The minimum atomic E-state index is 1.05. The van der Waals surface area contributed by atoms with Gasteiger partial charge in [-0.05, 0) is 48.6 Å². The lowest BCUT2D eigenvalue weighted by molar-refractivity contribution is 0.666. The van der Waals surface area contributed by atoms with Crippen LogP contribution >= 0.6 is 0 Å². The Bertz CT molecular complexity index is 785. The summed E-state index contributed by atoms with van der Waals surface area (Å²) in [5, 5.41) is 0. The van der Waals surface area contributed by atoms with E-state index < -0.39 is 0 Å². The van der Waals surface area contributed by atoms with Crippen LogP contribution in [-0.2, 0) is 6.42 Å². The second-order valence-corrected chi connectivity index (χ2v) is 6.81. The first-order valence-corrected chi connectivity index (χ1v) is 9.38. The maximum Gasteiger partial charge on any atom is 0.0702 e. The first kappa shape index (κ1) is 17.4. The van der Waals surface area contributed by atoms with Crippen LogP contribution in [0.3, 0.4) is 0 Å². The van der Waals surface area contributed by atoms with Crippen molar-refractivity contribution in [2.45, 2.75) is 46.0 Å². The van der Waals surface area contributed by atoms with Crippen molar-refractivity contribution in [2.75, 3.05) is 0 Å². The summed E-state index contributed by atoms with van der Waals surface area (Å²) in [5.41, 5.74) is 7.34. The Morgan fingerprint density at radius 2 is 1.56 bits per heavy atom. The molecule has 0 atom stereocenters. The van der Waals surface area contributed by atoms with Gasteiger partial charge in [0.2, 0.25) is 0 Å². The van der Waals surface area contributed by atoms with Crippen molar-refractivity contribution in [1.29, 1.82) is 0 Å². The van der Waals surface area contributed by atoms with Gasteiger partial charge in [-0.25, -0.2) is 0 Å². The third kappa shape index (κ3) is 4.79. The largest absolute Gasteiger partial charge is 0.256 e. The lowest BCUT2D eigenvalue weighted by Gasteiger charge is -2.07. The van der Waals surface area contributed by atoms with Crippen LogP contribution in [0.25, 0.3) is 22.4 Å². The lowest BCUT2D eigenvalue weighted by atomic mass is 10.00. The van der Waals surface area contributed by atoms with Crippen LogP contribution in [-0.4, -0.2) is 4.98 Å². The monoisotopic (exact) mass is 329 g/mol. The quantitative estimate of drug-likeness (QED) is 0.432. The first-order chi connectivity index (χ1) is 12.3. The van der Waals surface area contributed by atoms with E-state index in [1.165, 1.54) is 53.5 Å². The Hall–Kier alpha value is -2.41. The zero-order valence-corrected chi connectivity index (χ0v) is 15.3. The molecule has 1 heterocycles. The molecule has 1 aromatic heterocycles. The van der Waals surface area contributed by atoms with Crippen LogP contribution in [0.2, 0.25) is 0 Å². The SMILES string of the molecule is CCCCCCc1ccc(-c2cccc(-c3ccc(C)cc3)c2)nc1. The van der Waals surface area contributed by atoms with Gasteiger partial charge in [0.25, 0.3) is 0 Å². The van der Waals surface area contributed by atoms with Gasteiger partial charge in [-0.1, -0.05) is 80.3 Å². The van der Waals surface area contributed by atoms with E-state index >= 15 is 0 Å². The van der Waals surface area contributed by atoms with Crippen LogP contribution in [0.5, 0.6) is 0 Å². The van der Waals surface area contributed by atoms with E-state index in [0.29, 0.717) is 0 Å². The second-order valence-electron chi connectivity index (χ2n) is 6.81. The van der Waals surface area contributed by atoms with Gasteiger partial charge >= 0.3 is 0 Å². The van der Waals surface area contributed by atoms with Crippen LogP contribution < -0.4 is 0 Å². The van der Waals surface area contributed by atoms with Crippen LogP contribution in [0.1, 0.15) is 43.7 Å². The van der Waals surface area contributed by atoms with Crippen molar-refractivity contribution < 1.29 is 0 Å². The van der Waals surface area contributed by atoms with E-state index in [1.807, 2.05) is 6.20 Å². The third-order valence-electron chi connectivity index (χ3n) is 4.69. The fourth-order valence-electron chi connectivity index (χ4n) is 3.10. The number of nitrogens with zero attached hydrogens (tertiary/aromatic N) is 1. The smallest absolute Gasteiger partial charge is 0.0702 e. The highest BCUT2D eigenvalue weighted by atomic mass is 14.7. The molecule has 2 aromatic carbocycles. The minimum absolute atomic E-state index is 1.05. The molecule has 0 N–H and O–H groups in total. The highest BCUT2D eigenvalue weighted by Crippen LogP contribution is 2.25. The first-order valence-electron chi connectivity index (χ1n) is 9.38. The standard InChI is InChI=1S/C24H27N/c1-3-4-5-6-8-20-13-16-24(25-18-20)23-10-7-9-22(17-23)21-14-11-19(2)12-15-21/h7,9-18H,3-6,8H2,1-2H3. The highest BCUT2D eigenvalue weighted by molar-refractivity contribution is 5.71. The fraction of sp³-hybridized carbons (Fsp3) is 0.292. The van der Waals surface area contributed by atoms with Gasteiger partial charge in [0.1, 0.15) is 0 Å². The predicted molar refractivity (Wildman–Crippen MR) is 108 cm³/mol. The Labute approximate surface area is 151 Å². The second kappa shape index (κ2) is 8.62. The van der Waals surface area contributed by atoms with Gasteiger partial charge in [-0.3, -0.25) is 4.98 Å². The Morgan fingerprint density at radius 3 is 2.28 bits per heavy atom. The molecule has 0 saturated carbocycles. The molecule has 128 valence electrons. The predicted octanol–water partition coefficient (Wildman–Crippen LogP) is 6.85. The number of benzene rings is 2. The summed E-state index contributed by atoms with van der Waals surface area (Å²) < 4.78 is 0. The molecule has 0 amide bonds. The zero-order valence-electron chi connectivity index (χ0n) is 15.3. The molecular formula is C24H27N. The molecule has 0 aliphatic carbocycles. The number of aryl methyl sites for hydroxylation is 2.